The van der Waals surface area contributed by atoms with Crippen molar-refractivity contribution in [1.82, 2.24) is 0 Å². The van der Waals surface area contributed by atoms with Gasteiger partial charge in [0.15, 0.2) is 0 Å². The van der Waals surface area contributed by atoms with Gasteiger partial charge in [0.2, 0.25) is 15.6 Å². The zero-order valence-electron chi connectivity index (χ0n) is 19.4. The van der Waals surface area contributed by atoms with E-state index in [1.165, 1.54) is 26.4 Å². The third-order valence-electron chi connectivity index (χ3n) is 5.41. The van der Waals surface area contributed by atoms with Gasteiger partial charge in [-0.3, -0.25) is 4.79 Å². The molecule has 3 aromatic carbocycles. The van der Waals surface area contributed by atoms with Gasteiger partial charge in [0.05, 0.1) is 30.5 Å². The first-order chi connectivity index (χ1) is 16.8. The molecule has 0 unspecified atom stereocenters. The first-order valence-electron chi connectivity index (χ1n) is 10.6. The second kappa shape index (κ2) is 9.81. The first kappa shape index (κ1) is 24.3. The number of carbonyl (C=O) groups is 1. The molecule has 0 fully saturated rings. The van der Waals surface area contributed by atoms with Crippen LogP contribution in [-0.2, 0) is 9.84 Å². The number of benzene rings is 3. The minimum absolute atomic E-state index is 0.0825. The number of sulfone groups is 1. The number of hydrogen-bond acceptors (Lipinski definition) is 8. The topological polar surface area (TPSA) is 108 Å². The third-order valence-corrected chi connectivity index (χ3v) is 8.52. The molecule has 180 valence electrons. The molecule has 4 rings (SSSR count). The molecule has 0 radical (unpaired) electrons. The molecule has 7 nitrogen and oxygen atoms in total. The smallest absolute Gasteiger partial charge is 0.211 e. The van der Waals surface area contributed by atoms with Crippen LogP contribution in [0.15, 0.2) is 82.6 Å². The van der Waals surface area contributed by atoms with Gasteiger partial charge in [-0.1, -0.05) is 29.8 Å². The second-order valence-corrected chi connectivity index (χ2v) is 10.6. The average molecular weight is 509 g/mol. The van der Waals surface area contributed by atoms with Crippen molar-refractivity contribution >= 4 is 43.3 Å². The highest BCUT2D eigenvalue weighted by molar-refractivity contribution is 7.92. The average Bonchev–Trinajstić information content (AvgIpc) is 3.20. The molecule has 0 atom stereocenters. The summed E-state index contributed by atoms with van der Waals surface area (Å²) in [6.45, 7) is 1.87. The number of carbonyl (C=O) groups excluding carboxylic acids is 1. The van der Waals surface area contributed by atoms with Gasteiger partial charge in [0.1, 0.15) is 26.3 Å². The number of thiophene rings is 1. The SMILES string of the molecule is COc1ccc(C(=O)c2sc(Nc3ccccc3OC)c(S(=O)(=O)c3ccc(C)cc3)c2N)cc1. The number of nitrogens with one attached hydrogen (secondary N) is 1. The molecule has 4 aromatic rings. The van der Waals surface area contributed by atoms with E-state index in [-0.39, 0.29) is 31.1 Å². The van der Waals surface area contributed by atoms with Gasteiger partial charge in [0, 0.05) is 5.56 Å². The molecule has 35 heavy (non-hydrogen) atoms. The van der Waals surface area contributed by atoms with E-state index >= 15 is 0 Å². The Labute approximate surface area is 208 Å². The van der Waals surface area contributed by atoms with Crippen LogP contribution in [0.4, 0.5) is 16.4 Å². The van der Waals surface area contributed by atoms with E-state index in [0.29, 0.717) is 22.7 Å². The molecule has 9 heteroatoms. The van der Waals surface area contributed by atoms with Crippen molar-refractivity contribution in [2.24, 2.45) is 0 Å². The molecule has 0 bridgehead atoms. The number of nitrogens with two attached hydrogens (primary N) is 1. The molecule has 1 heterocycles. The van der Waals surface area contributed by atoms with Crippen LogP contribution in [0.5, 0.6) is 11.5 Å². The Morgan fingerprint density at radius 3 is 2.20 bits per heavy atom. The van der Waals surface area contributed by atoms with E-state index in [9.17, 15) is 13.2 Å². The van der Waals surface area contributed by atoms with Gasteiger partial charge in [-0.2, -0.15) is 0 Å². The van der Waals surface area contributed by atoms with Crippen molar-refractivity contribution in [2.75, 3.05) is 25.3 Å². The Hall–Kier alpha value is -3.82. The van der Waals surface area contributed by atoms with Crippen LogP contribution in [0.3, 0.4) is 0 Å². The highest BCUT2D eigenvalue weighted by Crippen LogP contribution is 2.45. The van der Waals surface area contributed by atoms with Crippen LogP contribution >= 0.6 is 11.3 Å². The largest absolute Gasteiger partial charge is 0.497 e. The lowest BCUT2D eigenvalue weighted by molar-refractivity contribution is 0.104. The molecule has 0 aliphatic rings. The number of hydrogen-bond donors (Lipinski definition) is 2. The van der Waals surface area contributed by atoms with Gasteiger partial charge in [-0.25, -0.2) is 8.42 Å². The highest BCUT2D eigenvalue weighted by atomic mass is 32.2. The Morgan fingerprint density at radius 1 is 0.914 bits per heavy atom. The van der Waals surface area contributed by atoms with Crippen molar-refractivity contribution in [3.05, 3.63) is 88.8 Å². The minimum atomic E-state index is -4.05. The highest BCUT2D eigenvalue weighted by Gasteiger charge is 2.32. The van der Waals surface area contributed by atoms with E-state index in [2.05, 4.69) is 5.32 Å². The number of para-hydroxylation sites is 2. The summed E-state index contributed by atoms with van der Waals surface area (Å²) in [7, 11) is -0.999. The van der Waals surface area contributed by atoms with E-state index in [1.807, 2.05) is 6.92 Å². The fraction of sp³-hybridized carbons (Fsp3) is 0.115. The molecular weight excluding hydrogens is 484 g/mol. The van der Waals surface area contributed by atoms with Gasteiger partial charge >= 0.3 is 0 Å². The molecule has 3 N–H and O–H groups in total. The fourth-order valence-electron chi connectivity index (χ4n) is 3.53. The number of methoxy groups -OCH3 is 2. The predicted octanol–water partition coefficient (Wildman–Crippen LogP) is 5.46. The number of rotatable bonds is 8. The minimum Gasteiger partial charge on any atom is -0.497 e. The van der Waals surface area contributed by atoms with E-state index in [0.717, 1.165) is 16.9 Å². The van der Waals surface area contributed by atoms with Crippen LogP contribution < -0.4 is 20.5 Å². The zero-order valence-corrected chi connectivity index (χ0v) is 21.0. The van der Waals surface area contributed by atoms with Crippen LogP contribution in [0.1, 0.15) is 20.8 Å². The van der Waals surface area contributed by atoms with Crippen LogP contribution in [-0.4, -0.2) is 28.4 Å². The molecular formula is C26H24N2O5S2. The standard InChI is InChI=1S/C26H24N2O5S2/c1-16-8-14-19(15-9-16)35(30,31)25-22(27)24(23(29)17-10-12-18(32-2)13-11-17)34-26(25)28-20-6-4-5-7-21(20)33-3/h4-15,28H,27H2,1-3H3. The lowest BCUT2D eigenvalue weighted by Crippen LogP contribution is -2.08. The summed E-state index contributed by atoms with van der Waals surface area (Å²) in [5.41, 5.74) is 8.11. The van der Waals surface area contributed by atoms with Gasteiger partial charge in [-0.15, -0.1) is 11.3 Å². The van der Waals surface area contributed by atoms with Gasteiger partial charge in [0.25, 0.3) is 0 Å². The number of anilines is 3. The number of ether oxygens (including phenoxy) is 2. The van der Waals surface area contributed by atoms with Crippen molar-refractivity contribution in [2.45, 2.75) is 16.7 Å². The Bertz CT molecular complexity index is 1480. The maximum atomic E-state index is 13.7. The van der Waals surface area contributed by atoms with Crippen LogP contribution in [0.2, 0.25) is 0 Å². The second-order valence-electron chi connectivity index (χ2n) is 7.70. The Kier molecular flexibility index (Phi) is 6.81. The summed E-state index contributed by atoms with van der Waals surface area (Å²) in [5.74, 6) is 0.728. The molecule has 0 spiro atoms. The van der Waals surface area contributed by atoms with E-state index < -0.39 is 9.84 Å². The van der Waals surface area contributed by atoms with Crippen molar-refractivity contribution in [1.29, 1.82) is 0 Å². The third kappa shape index (κ3) is 4.73. The van der Waals surface area contributed by atoms with Crippen molar-refractivity contribution in [3.8, 4) is 11.5 Å². The summed E-state index contributed by atoms with van der Waals surface area (Å²) in [6.07, 6.45) is 0. The normalized spacial score (nSPS) is 11.2. The quantitative estimate of drug-likeness (QED) is 0.304. The molecule has 1 aromatic heterocycles. The molecule has 0 amide bonds. The van der Waals surface area contributed by atoms with Gasteiger partial charge < -0.3 is 20.5 Å². The summed E-state index contributed by atoms with van der Waals surface area (Å²) in [4.78, 5) is 13.4. The lowest BCUT2D eigenvalue weighted by atomic mass is 10.1. The van der Waals surface area contributed by atoms with Gasteiger partial charge in [-0.05, 0) is 55.5 Å². The first-order valence-corrected chi connectivity index (χ1v) is 12.9. The van der Waals surface area contributed by atoms with Crippen LogP contribution in [0.25, 0.3) is 0 Å². The predicted molar refractivity (Wildman–Crippen MR) is 138 cm³/mol. The zero-order chi connectivity index (χ0) is 25.2. The van der Waals surface area contributed by atoms with E-state index in [1.54, 1.807) is 60.7 Å². The molecule has 0 saturated heterocycles. The lowest BCUT2D eigenvalue weighted by Gasteiger charge is -2.12. The van der Waals surface area contributed by atoms with Crippen molar-refractivity contribution in [3.63, 3.8) is 0 Å². The fourth-order valence-corrected chi connectivity index (χ4v) is 6.45. The molecule has 0 aliphatic heterocycles. The number of ketones is 1. The number of aryl methyl sites for hydroxylation is 1. The number of nitrogen functional groups attached to an aromatic ring is 1. The summed E-state index contributed by atoms with van der Waals surface area (Å²) < 4.78 is 38.0. The van der Waals surface area contributed by atoms with Crippen LogP contribution in [0, 0.1) is 6.92 Å². The van der Waals surface area contributed by atoms with E-state index in [4.69, 9.17) is 15.2 Å². The van der Waals surface area contributed by atoms with Crippen molar-refractivity contribution < 1.29 is 22.7 Å². The molecule has 0 aliphatic carbocycles. The summed E-state index contributed by atoms with van der Waals surface area (Å²) in [5, 5.41) is 3.35. The summed E-state index contributed by atoms with van der Waals surface area (Å²) >= 11 is 0.986. The monoisotopic (exact) mass is 508 g/mol. The molecule has 0 saturated carbocycles. The maximum Gasteiger partial charge on any atom is 0.211 e. The maximum absolute atomic E-state index is 13.7. The Balaban J connectivity index is 1.88. The Morgan fingerprint density at radius 2 is 1.57 bits per heavy atom. The summed E-state index contributed by atoms with van der Waals surface area (Å²) in [6, 6.07) is 20.1.